The normalized spacial score (nSPS) is 10.8. The number of thiophene rings is 1. The van der Waals surface area contributed by atoms with E-state index in [-0.39, 0.29) is 6.03 Å². The summed E-state index contributed by atoms with van der Waals surface area (Å²) in [5.41, 5.74) is 5.31. The summed E-state index contributed by atoms with van der Waals surface area (Å²) in [7, 11) is 1.57. The predicted octanol–water partition coefficient (Wildman–Crippen LogP) is 4.85. The Morgan fingerprint density at radius 3 is 2.76 bits per heavy atom. The second kappa shape index (κ2) is 8.61. The Morgan fingerprint density at radius 1 is 1.18 bits per heavy atom. The van der Waals surface area contributed by atoms with Gasteiger partial charge in [-0.15, -0.1) is 11.3 Å². The maximum absolute atomic E-state index is 11.6. The maximum atomic E-state index is 11.6. The van der Waals surface area contributed by atoms with Crippen molar-refractivity contribution >= 4 is 45.6 Å². The van der Waals surface area contributed by atoms with Gasteiger partial charge in [-0.1, -0.05) is 18.2 Å². The molecule has 162 valence electrons. The highest BCUT2D eigenvalue weighted by Crippen LogP contribution is 2.30. The van der Waals surface area contributed by atoms with E-state index in [1.54, 1.807) is 30.5 Å². The van der Waals surface area contributed by atoms with Crippen molar-refractivity contribution in [2.75, 3.05) is 17.7 Å². The van der Waals surface area contributed by atoms with Crippen molar-refractivity contribution in [2.24, 2.45) is 0 Å². The molecule has 0 aliphatic carbocycles. The topological polar surface area (TPSA) is 107 Å². The van der Waals surface area contributed by atoms with Crippen LogP contribution in [0, 0.1) is 11.3 Å². The van der Waals surface area contributed by atoms with E-state index in [1.807, 2.05) is 52.4 Å². The summed E-state index contributed by atoms with van der Waals surface area (Å²) in [6.45, 7) is 0.631. The molecule has 9 heteroatoms. The van der Waals surface area contributed by atoms with Crippen LogP contribution in [-0.2, 0) is 6.54 Å². The van der Waals surface area contributed by atoms with E-state index in [9.17, 15) is 10.1 Å². The molecule has 0 saturated heterocycles. The minimum absolute atomic E-state index is 0.274. The summed E-state index contributed by atoms with van der Waals surface area (Å²) in [6.07, 6.45) is 1.81. The van der Waals surface area contributed by atoms with E-state index in [2.05, 4.69) is 33.1 Å². The van der Waals surface area contributed by atoms with Crippen LogP contribution in [0.2, 0.25) is 0 Å². The number of urea groups is 1. The SMILES string of the molecule is CNC(=O)Nc1ccc(-c2cnc3c(NCc4cccs4)nc4cc(C#N)ccc4n23)cc1. The van der Waals surface area contributed by atoms with Crippen LogP contribution in [-0.4, -0.2) is 27.4 Å². The van der Waals surface area contributed by atoms with Crippen LogP contribution in [0.4, 0.5) is 16.3 Å². The van der Waals surface area contributed by atoms with Crippen LogP contribution >= 0.6 is 11.3 Å². The number of fused-ring (bicyclic) bond motifs is 3. The lowest BCUT2D eigenvalue weighted by molar-refractivity contribution is 0.254. The van der Waals surface area contributed by atoms with Gasteiger partial charge in [0.2, 0.25) is 0 Å². The zero-order chi connectivity index (χ0) is 22.8. The van der Waals surface area contributed by atoms with E-state index >= 15 is 0 Å². The van der Waals surface area contributed by atoms with Crippen molar-refractivity contribution in [1.29, 1.82) is 5.26 Å². The number of carbonyl (C=O) groups excluding carboxylic acids is 1. The molecule has 0 bridgehead atoms. The number of nitriles is 1. The Kier molecular flexibility index (Phi) is 5.34. The molecule has 5 rings (SSSR count). The molecule has 3 N–H and O–H groups in total. The second-order valence-corrected chi connectivity index (χ2v) is 8.32. The number of anilines is 2. The average Bonchev–Trinajstić information content (AvgIpc) is 3.53. The van der Waals surface area contributed by atoms with Gasteiger partial charge in [-0.2, -0.15) is 5.26 Å². The molecule has 2 aromatic carbocycles. The van der Waals surface area contributed by atoms with Crippen molar-refractivity contribution in [3.05, 3.63) is 76.6 Å². The molecular weight excluding hydrogens is 434 g/mol. The van der Waals surface area contributed by atoms with E-state index < -0.39 is 0 Å². The Balaban J connectivity index is 1.62. The summed E-state index contributed by atoms with van der Waals surface area (Å²) >= 11 is 1.67. The Bertz CT molecular complexity index is 1500. The number of rotatable bonds is 5. The summed E-state index contributed by atoms with van der Waals surface area (Å²) in [6, 6.07) is 19.0. The quantitative estimate of drug-likeness (QED) is 0.353. The highest BCUT2D eigenvalue weighted by atomic mass is 32.1. The zero-order valence-electron chi connectivity index (χ0n) is 17.7. The molecule has 3 heterocycles. The molecule has 0 spiro atoms. The van der Waals surface area contributed by atoms with Crippen molar-refractivity contribution in [3.63, 3.8) is 0 Å². The molecule has 2 amide bonds. The first-order valence-electron chi connectivity index (χ1n) is 10.2. The minimum Gasteiger partial charge on any atom is -0.362 e. The molecule has 0 radical (unpaired) electrons. The van der Waals surface area contributed by atoms with Crippen LogP contribution in [0.3, 0.4) is 0 Å². The Labute approximate surface area is 193 Å². The van der Waals surface area contributed by atoms with E-state index in [1.165, 1.54) is 4.88 Å². The number of benzene rings is 2. The first-order chi connectivity index (χ1) is 16.2. The number of carbonyl (C=O) groups is 1. The largest absolute Gasteiger partial charge is 0.362 e. The van der Waals surface area contributed by atoms with Crippen LogP contribution in [0.15, 0.2) is 66.2 Å². The van der Waals surface area contributed by atoms with E-state index in [4.69, 9.17) is 4.98 Å². The molecule has 0 saturated carbocycles. The minimum atomic E-state index is -0.274. The zero-order valence-corrected chi connectivity index (χ0v) is 18.5. The summed E-state index contributed by atoms with van der Waals surface area (Å²) < 4.78 is 2.04. The van der Waals surface area contributed by atoms with Crippen LogP contribution in [0.5, 0.6) is 0 Å². The molecule has 0 unspecified atom stereocenters. The third kappa shape index (κ3) is 3.95. The Hall–Kier alpha value is -4.42. The molecule has 0 atom stereocenters. The van der Waals surface area contributed by atoms with Crippen molar-refractivity contribution in [1.82, 2.24) is 19.7 Å². The highest BCUT2D eigenvalue weighted by molar-refractivity contribution is 7.09. The van der Waals surface area contributed by atoms with Crippen molar-refractivity contribution in [3.8, 4) is 17.3 Å². The average molecular weight is 454 g/mol. The van der Waals surface area contributed by atoms with Crippen LogP contribution in [0.25, 0.3) is 27.9 Å². The first kappa shape index (κ1) is 20.5. The van der Waals surface area contributed by atoms with Gasteiger partial charge in [0.25, 0.3) is 0 Å². The lowest BCUT2D eigenvalue weighted by atomic mass is 10.1. The van der Waals surface area contributed by atoms with Gasteiger partial charge in [0.05, 0.1) is 41.1 Å². The number of imidazole rings is 1. The number of hydrogen-bond acceptors (Lipinski definition) is 6. The number of nitrogens with zero attached hydrogens (tertiary/aromatic N) is 4. The van der Waals surface area contributed by atoms with Gasteiger partial charge in [-0.25, -0.2) is 14.8 Å². The third-order valence-corrected chi connectivity index (χ3v) is 6.10. The molecule has 0 aliphatic heterocycles. The van der Waals surface area contributed by atoms with Gasteiger partial charge in [-0.3, -0.25) is 4.40 Å². The molecular formula is C24H19N7OS. The molecule has 5 aromatic rings. The summed E-state index contributed by atoms with van der Waals surface area (Å²) in [5.74, 6) is 0.648. The molecule has 33 heavy (non-hydrogen) atoms. The standard InChI is InChI=1S/C24H19N7OS/c1-26-24(32)29-17-7-5-16(6-8-17)21-14-28-23-22(27-13-18-3-2-10-33-18)30-19-11-15(12-25)4-9-20(19)31(21)23/h2-11,14H,13H2,1H3,(H,27,30)(H2,26,29,32). The van der Waals surface area contributed by atoms with Gasteiger partial charge in [0.1, 0.15) is 0 Å². The first-order valence-corrected chi connectivity index (χ1v) is 11.1. The third-order valence-electron chi connectivity index (χ3n) is 5.23. The Morgan fingerprint density at radius 2 is 2.03 bits per heavy atom. The van der Waals surface area contributed by atoms with Gasteiger partial charge in [-0.05, 0) is 41.8 Å². The van der Waals surface area contributed by atoms with Gasteiger partial charge in [0, 0.05) is 23.2 Å². The van der Waals surface area contributed by atoms with E-state index in [0.29, 0.717) is 34.8 Å². The fourth-order valence-electron chi connectivity index (χ4n) is 3.63. The van der Waals surface area contributed by atoms with Crippen LogP contribution in [0.1, 0.15) is 10.4 Å². The monoisotopic (exact) mass is 453 g/mol. The van der Waals surface area contributed by atoms with Gasteiger partial charge >= 0.3 is 6.03 Å². The van der Waals surface area contributed by atoms with E-state index in [0.717, 1.165) is 16.8 Å². The predicted molar refractivity (Wildman–Crippen MR) is 130 cm³/mol. The van der Waals surface area contributed by atoms with Crippen molar-refractivity contribution < 1.29 is 4.79 Å². The number of nitrogens with one attached hydrogen (secondary N) is 3. The molecule has 3 aromatic heterocycles. The fourth-order valence-corrected chi connectivity index (χ4v) is 4.27. The second-order valence-electron chi connectivity index (χ2n) is 7.29. The van der Waals surface area contributed by atoms with Gasteiger partial charge in [0.15, 0.2) is 11.5 Å². The number of hydrogen-bond donors (Lipinski definition) is 3. The number of aromatic nitrogens is 3. The van der Waals surface area contributed by atoms with Gasteiger partial charge < -0.3 is 16.0 Å². The summed E-state index contributed by atoms with van der Waals surface area (Å²) in [4.78, 5) is 22.2. The van der Waals surface area contributed by atoms with Crippen molar-refractivity contribution in [2.45, 2.75) is 6.54 Å². The lowest BCUT2D eigenvalue weighted by Crippen LogP contribution is -2.24. The number of amides is 2. The smallest absolute Gasteiger partial charge is 0.318 e. The summed E-state index contributed by atoms with van der Waals surface area (Å²) in [5, 5.41) is 20.1. The van der Waals surface area contributed by atoms with Crippen LogP contribution < -0.4 is 16.0 Å². The molecule has 0 fully saturated rings. The maximum Gasteiger partial charge on any atom is 0.318 e. The fraction of sp³-hybridized carbons (Fsp3) is 0.0833. The molecule has 8 nitrogen and oxygen atoms in total. The molecule has 0 aliphatic rings. The highest BCUT2D eigenvalue weighted by Gasteiger charge is 2.15. The lowest BCUT2D eigenvalue weighted by Gasteiger charge is -2.12.